The molecular formula is C15H19N3O2S. The van der Waals surface area contributed by atoms with Crippen LogP contribution in [0.1, 0.15) is 17.4 Å². The van der Waals surface area contributed by atoms with Gasteiger partial charge in [0.25, 0.3) is 5.69 Å². The number of likely N-dealkylation sites (N-methyl/N-ethyl adjacent to an activating group) is 1. The lowest BCUT2D eigenvalue weighted by Gasteiger charge is -2.24. The topological polar surface area (TPSA) is 72.4 Å². The van der Waals surface area contributed by atoms with Crippen molar-refractivity contribution in [1.82, 2.24) is 4.90 Å². The molecule has 6 heteroatoms. The molecule has 0 aliphatic rings. The van der Waals surface area contributed by atoms with E-state index in [0.29, 0.717) is 18.3 Å². The molecule has 1 heterocycles. The second kappa shape index (κ2) is 6.69. The Labute approximate surface area is 128 Å². The number of hydrogen-bond donors (Lipinski definition) is 1. The van der Waals surface area contributed by atoms with Gasteiger partial charge >= 0.3 is 0 Å². The van der Waals surface area contributed by atoms with Crippen LogP contribution >= 0.6 is 11.3 Å². The summed E-state index contributed by atoms with van der Waals surface area (Å²) in [6.45, 7) is 2.74. The number of non-ortho nitro benzene ring substituents is 1. The molecule has 0 bridgehead atoms. The number of nitro benzene ring substituents is 1. The van der Waals surface area contributed by atoms with Crippen LogP contribution in [0.4, 0.5) is 11.4 Å². The maximum atomic E-state index is 10.8. The SMILES string of the molecule is CC(Cc1cccs1)N(C)Cc1cc([N+](=O)[O-])ccc1N. The zero-order chi connectivity index (χ0) is 15.4. The first kappa shape index (κ1) is 15.5. The van der Waals surface area contributed by atoms with Gasteiger partial charge < -0.3 is 5.73 Å². The van der Waals surface area contributed by atoms with E-state index in [2.05, 4.69) is 23.3 Å². The summed E-state index contributed by atoms with van der Waals surface area (Å²) in [7, 11) is 2.01. The molecule has 0 amide bonds. The summed E-state index contributed by atoms with van der Waals surface area (Å²) in [5.74, 6) is 0. The van der Waals surface area contributed by atoms with Crippen molar-refractivity contribution in [2.75, 3.05) is 12.8 Å². The first-order valence-corrected chi connectivity index (χ1v) is 7.60. The molecule has 0 fully saturated rings. The average molecular weight is 305 g/mol. The molecular weight excluding hydrogens is 286 g/mol. The van der Waals surface area contributed by atoms with Gasteiger partial charge in [-0.3, -0.25) is 15.0 Å². The van der Waals surface area contributed by atoms with Crippen LogP contribution < -0.4 is 5.73 Å². The number of benzene rings is 1. The molecule has 2 N–H and O–H groups in total. The molecule has 21 heavy (non-hydrogen) atoms. The highest BCUT2D eigenvalue weighted by atomic mass is 32.1. The van der Waals surface area contributed by atoms with Gasteiger partial charge in [0.15, 0.2) is 0 Å². The Bertz CT molecular complexity index is 613. The molecule has 0 saturated carbocycles. The third kappa shape index (κ3) is 4.03. The Kier molecular flexibility index (Phi) is 4.93. The molecule has 1 aromatic carbocycles. The number of hydrogen-bond acceptors (Lipinski definition) is 5. The van der Waals surface area contributed by atoms with Crippen molar-refractivity contribution in [3.8, 4) is 0 Å². The number of nitrogens with zero attached hydrogens (tertiary/aromatic N) is 2. The third-order valence-corrected chi connectivity index (χ3v) is 4.48. The zero-order valence-corrected chi connectivity index (χ0v) is 13.0. The maximum Gasteiger partial charge on any atom is 0.269 e. The Morgan fingerprint density at radius 1 is 1.43 bits per heavy atom. The molecule has 0 radical (unpaired) electrons. The lowest BCUT2D eigenvalue weighted by molar-refractivity contribution is -0.384. The van der Waals surface area contributed by atoms with Crippen molar-refractivity contribution >= 4 is 22.7 Å². The van der Waals surface area contributed by atoms with E-state index in [1.54, 1.807) is 23.5 Å². The number of anilines is 1. The Morgan fingerprint density at radius 2 is 2.19 bits per heavy atom. The summed E-state index contributed by atoms with van der Waals surface area (Å²) < 4.78 is 0. The highest BCUT2D eigenvalue weighted by molar-refractivity contribution is 7.09. The smallest absolute Gasteiger partial charge is 0.269 e. The Hall–Kier alpha value is -1.92. The van der Waals surface area contributed by atoms with Crippen LogP contribution in [0.5, 0.6) is 0 Å². The summed E-state index contributed by atoms with van der Waals surface area (Å²) >= 11 is 1.74. The van der Waals surface area contributed by atoms with Crippen molar-refractivity contribution in [2.24, 2.45) is 0 Å². The van der Waals surface area contributed by atoms with Gasteiger partial charge in [-0.1, -0.05) is 6.07 Å². The molecule has 0 aliphatic carbocycles. The van der Waals surface area contributed by atoms with E-state index in [1.165, 1.54) is 10.9 Å². The molecule has 2 aromatic rings. The van der Waals surface area contributed by atoms with E-state index in [0.717, 1.165) is 12.0 Å². The second-order valence-corrected chi connectivity index (χ2v) is 6.22. The quantitative estimate of drug-likeness (QED) is 0.505. The summed E-state index contributed by atoms with van der Waals surface area (Å²) in [5.41, 5.74) is 7.40. The largest absolute Gasteiger partial charge is 0.398 e. The minimum Gasteiger partial charge on any atom is -0.398 e. The Balaban J connectivity index is 2.06. The van der Waals surface area contributed by atoms with Crippen molar-refractivity contribution in [1.29, 1.82) is 0 Å². The van der Waals surface area contributed by atoms with Crippen molar-refractivity contribution in [3.63, 3.8) is 0 Å². The van der Waals surface area contributed by atoms with Gasteiger partial charge in [0, 0.05) is 35.3 Å². The first-order valence-electron chi connectivity index (χ1n) is 6.72. The number of nitrogen functional groups attached to an aromatic ring is 1. The van der Waals surface area contributed by atoms with Crippen molar-refractivity contribution < 1.29 is 4.92 Å². The highest BCUT2D eigenvalue weighted by Crippen LogP contribution is 2.22. The number of thiophene rings is 1. The van der Waals surface area contributed by atoms with E-state index in [4.69, 9.17) is 5.73 Å². The van der Waals surface area contributed by atoms with Gasteiger partial charge in [0.2, 0.25) is 0 Å². The molecule has 1 unspecified atom stereocenters. The van der Waals surface area contributed by atoms with Gasteiger partial charge in [-0.15, -0.1) is 11.3 Å². The number of rotatable bonds is 6. The summed E-state index contributed by atoms with van der Waals surface area (Å²) in [6, 6.07) is 9.10. The lowest BCUT2D eigenvalue weighted by atomic mass is 10.1. The first-order chi connectivity index (χ1) is 9.97. The fraction of sp³-hybridized carbons (Fsp3) is 0.333. The van der Waals surface area contributed by atoms with Gasteiger partial charge in [0.05, 0.1) is 4.92 Å². The zero-order valence-electron chi connectivity index (χ0n) is 12.2. The maximum absolute atomic E-state index is 10.8. The van der Waals surface area contributed by atoms with Crippen molar-refractivity contribution in [3.05, 3.63) is 56.3 Å². The summed E-state index contributed by atoms with van der Waals surface area (Å²) in [5, 5.41) is 12.9. The van der Waals surface area contributed by atoms with E-state index in [9.17, 15) is 10.1 Å². The number of nitrogens with two attached hydrogens (primary N) is 1. The van der Waals surface area contributed by atoms with Gasteiger partial charge in [-0.2, -0.15) is 0 Å². The highest BCUT2D eigenvalue weighted by Gasteiger charge is 2.15. The van der Waals surface area contributed by atoms with Crippen molar-refractivity contribution in [2.45, 2.75) is 25.9 Å². The van der Waals surface area contributed by atoms with Gasteiger partial charge in [-0.25, -0.2) is 0 Å². The summed E-state index contributed by atoms with van der Waals surface area (Å²) in [4.78, 5) is 14.0. The normalized spacial score (nSPS) is 12.5. The second-order valence-electron chi connectivity index (χ2n) is 5.19. The van der Waals surface area contributed by atoms with Crippen LogP contribution in [0.3, 0.4) is 0 Å². The van der Waals surface area contributed by atoms with Crippen LogP contribution in [0, 0.1) is 10.1 Å². The van der Waals surface area contributed by atoms with E-state index < -0.39 is 4.92 Å². The minimum atomic E-state index is -0.391. The predicted molar refractivity (Wildman–Crippen MR) is 86.5 cm³/mol. The molecule has 0 saturated heterocycles. The monoisotopic (exact) mass is 305 g/mol. The molecule has 112 valence electrons. The van der Waals surface area contributed by atoms with Crippen LogP contribution in [0.15, 0.2) is 35.7 Å². The minimum absolute atomic E-state index is 0.0820. The van der Waals surface area contributed by atoms with Crippen LogP contribution in [-0.2, 0) is 13.0 Å². The standard InChI is InChI=1S/C15H19N3O2S/c1-11(8-14-4-3-7-21-14)17(2)10-12-9-13(18(19)20)5-6-15(12)16/h3-7,9,11H,8,10,16H2,1-2H3. The van der Waals surface area contributed by atoms with Gasteiger partial charge in [0.1, 0.15) is 0 Å². The predicted octanol–water partition coefficient (Wildman–Crippen LogP) is 3.30. The van der Waals surface area contributed by atoms with E-state index >= 15 is 0 Å². The fourth-order valence-corrected chi connectivity index (χ4v) is 2.97. The Morgan fingerprint density at radius 3 is 2.81 bits per heavy atom. The molecule has 5 nitrogen and oxygen atoms in total. The lowest BCUT2D eigenvalue weighted by Crippen LogP contribution is -2.30. The average Bonchev–Trinajstić information content (AvgIpc) is 2.93. The number of nitro groups is 1. The van der Waals surface area contributed by atoms with E-state index in [-0.39, 0.29) is 5.69 Å². The molecule has 2 rings (SSSR count). The van der Waals surface area contributed by atoms with Crippen LogP contribution in [-0.4, -0.2) is 22.9 Å². The molecule has 1 atom stereocenters. The van der Waals surface area contributed by atoms with Crippen LogP contribution in [0.25, 0.3) is 0 Å². The van der Waals surface area contributed by atoms with Gasteiger partial charge in [-0.05, 0) is 43.5 Å². The molecule has 0 spiro atoms. The van der Waals surface area contributed by atoms with Crippen LogP contribution in [0.2, 0.25) is 0 Å². The van der Waals surface area contributed by atoms with E-state index in [1.807, 2.05) is 13.1 Å². The third-order valence-electron chi connectivity index (χ3n) is 3.59. The molecule has 0 aliphatic heterocycles. The summed E-state index contributed by atoms with van der Waals surface area (Å²) in [6.07, 6.45) is 0.961. The fourth-order valence-electron chi connectivity index (χ4n) is 2.14. The molecule has 1 aromatic heterocycles.